The zero-order valence-electron chi connectivity index (χ0n) is 15.2. The number of hydrogen-bond donors (Lipinski definition) is 2. The van der Waals surface area contributed by atoms with Gasteiger partial charge >= 0.3 is 6.18 Å². The van der Waals surface area contributed by atoms with Gasteiger partial charge in [-0.1, -0.05) is 5.21 Å². The van der Waals surface area contributed by atoms with Gasteiger partial charge in [-0.3, -0.25) is 4.79 Å². The van der Waals surface area contributed by atoms with Gasteiger partial charge < -0.3 is 15.0 Å². The Balaban J connectivity index is 1.67. The van der Waals surface area contributed by atoms with Crippen molar-refractivity contribution in [3.8, 4) is 11.4 Å². The molecule has 0 fully saturated rings. The van der Waals surface area contributed by atoms with Crippen LogP contribution < -0.4 is 10.7 Å². The minimum Gasteiger partial charge on any atom is -0.503 e. The number of alkyl halides is 3. The Bertz CT molecular complexity index is 1040. The van der Waals surface area contributed by atoms with E-state index < -0.39 is 17.2 Å². The van der Waals surface area contributed by atoms with E-state index in [1.165, 1.54) is 22.9 Å². The topological polar surface area (TPSA) is 85.0 Å². The monoisotopic (exact) mass is 393 g/mol. The first-order chi connectivity index (χ1) is 13.2. The number of benzene rings is 1. The summed E-state index contributed by atoms with van der Waals surface area (Å²) in [5.41, 5.74) is 0.984. The lowest BCUT2D eigenvalue weighted by molar-refractivity contribution is -0.137. The number of rotatable bonds is 5. The molecule has 0 spiro atoms. The number of halogens is 3. The van der Waals surface area contributed by atoms with E-state index in [0.29, 0.717) is 29.3 Å². The summed E-state index contributed by atoms with van der Waals surface area (Å²) in [7, 11) is 1.74. The van der Waals surface area contributed by atoms with Gasteiger partial charge in [-0.05, 0) is 31.2 Å². The molecule has 0 aliphatic rings. The summed E-state index contributed by atoms with van der Waals surface area (Å²) in [4.78, 5) is 11.7. The molecule has 1 aromatic carbocycles. The first-order valence-corrected chi connectivity index (χ1v) is 8.35. The molecule has 0 radical (unpaired) electrons. The molecule has 3 aromatic rings. The van der Waals surface area contributed by atoms with Crippen molar-refractivity contribution >= 4 is 0 Å². The minimum absolute atomic E-state index is 0.229. The van der Waals surface area contributed by atoms with Gasteiger partial charge in [0.05, 0.1) is 28.8 Å². The molecule has 3 rings (SSSR count). The molecule has 0 saturated carbocycles. The Hall–Kier alpha value is -3.14. The highest BCUT2D eigenvalue weighted by Crippen LogP contribution is 2.29. The number of nitrogens with zero attached hydrogens (tertiary/aromatic N) is 4. The predicted molar refractivity (Wildman–Crippen MR) is 95.0 cm³/mol. The van der Waals surface area contributed by atoms with Gasteiger partial charge in [0.1, 0.15) is 0 Å². The van der Waals surface area contributed by atoms with Crippen LogP contribution in [0, 0.1) is 6.92 Å². The smallest absolute Gasteiger partial charge is 0.416 e. The number of nitrogens with one attached hydrogen (secondary N) is 1. The van der Waals surface area contributed by atoms with Crippen molar-refractivity contribution in [1.29, 1.82) is 0 Å². The molecule has 0 aliphatic heterocycles. The Morgan fingerprint density at radius 2 is 1.86 bits per heavy atom. The van der Waals surface area contributed by atoms with Crippen molar-refractivity contribution in [3.05, 3.63) is 69.4 Å². The average molecular weight is 393 g/mol. The van der Waals surface area contributed by atoms with E-state index in [0.717, 1.165) is 12.1 Å². The number of aryl methyl sites for hydroxylation is 1. The van der Waals surface area contributed by atoms with Crippen LogP contribution in [0.3, 0.4) is 0 Å². The molecule has 0 saturated heterocycles. The van der Waals surface area contributed by atoms with E-state index in [1.54, 1.807) is 24.7 Å². The molecule has 0 unspecified atom stereocenters. The minimum atomic E-state index is -4.39. The Morgan fingerprint density at radius 1 is 1.18 bits per heavy atom. The summed E-state index contributed by atoms with van der Waals surface area (Å²) in [6.07, 6.45) is -2.80. The van der Waals surface area contributed by atoms with Crippen LogP contribution in [0.4, 0.5) is 13.2 Å². The summed E-state index contributed by atoms with van der Waals surface area (Å²) in [5, 5.41) is 20.9. The highest BCUT2D eigenvalue weighted by atomic mass is 19.4. The van der Waals surface area contributed by atoms with Crippen molar-refractivity contribution in [1.82, 2.24) is 24.9 Å². The highest BCUT2D eigenvalue weighted by molar-refractivity contribution is 5.35. The van der Waals surface area contributed by atoms with Crippen LogP contribution >= 0.6 is 0 Å². The fourth-order valence-electron chi connectivity index (χ4n) is 2.69. The Morgan fingerprint density at radius 3 is 2.50 bits per heavy atom. The number of hydrogen-bond acceptors (Lipinski definition) is 5. The van der Waals surface area contributed by atoms with E-state index >= 15 is 0 Å². The van der Waals surface area contributed by atoms with Gasteiger partial charge in [0.15, 0.2) is 5.75 Å². The van der Waals surface area contributed by atoms with Crippen molar-refractivity contribution in [3.63, 3.8) is 0 Å². The summed E-state index contributed by atoms with van der Waals surface area (Å²) in [6, 6.07) is 5.95. The van der Waals surface area contributed by atoms with Crippen LogP contribution in [0.25, 0.3) is 5.69 Å². The molecule has 2 N–H and O–H groups in total. The largest absolute Gasteiger partial charge is 0.503 e. The molecule has 0 aliphatic carbocycles. The number of pyridine rings is 1. The fourth-order valence-corrected chi connectivity index (χ4v) is 2.69. The van der Waals surface area contributed by atoms with E-state index in [-0.39, 0.29) is 12.3 Å². The summed E-state index contributed by atoms with van der Waals surface area (Å²) < 4.78 is 41.0. The quantitative estimate of drug-likeness (QED) is 0.695. The maximum Gasteiger partial charge on any atom is 0.416 e. The molecule has 2 aromatic heterocycles. The second kappa shape index (κ2) is 7.47. The van der Waals surface area contributed by atoms with Crippen LogP contribution in [0.5, 0.6) is 5.75 Å². The molecule has 7 nitrogen and oxygen atoms in total. The average Bonchev–Trinajstić information content (AvgIpc) is 3.11. The van der Waals surface area contributed by atoms with Gasteiger partial charge in [-0.25, -0.2) is 4.68 Å². The summed E-state index contributed by atoms with van der Waals surface area (Å²) >= 11 is 0. The van der Waals surface area contributed by atoms with Gasteiger partial charge in [-0.15, -0.1) is 5.10 Å². The molecule has 148 valence electrons. The van der Waals surface area contributed by atoms with E-state index in [4.69, 9.17) is 0 Å². The van der Waals surface area contributed by atoms with Gasteiger partial charge in [-0.2, -0.15) is 13.2 Å². The van der Waals surface area contributed by atoms with Crippen molar-refractivity contribution < 1.29 is 18.3 Å². The maximum atomic E-state index is 12.6. The standard InChI is InChI=1S/C18H18F3N5O2/c1-11-7-16(27)17(28)15(25(11)2)9-22-8-13-10-26(24-23-13)14-5-3-12(4-6-14)18(19,20)21/h3-7,10,22,28H,8-9H2,1-2H3. The second-order valence-electron chi connectivity index (χ2n) is 6.31. The van der Waals surface area contributed by atoms with Crippen molar-refractivity contribution in [2.45, 2.75) is 26.2 Å². The van der Waals surface area contributed by atoms with Crippen molar-refractivity contribution in [2.24, 2.45) is 7.05 Å². The van der Waals surface area contributed by atoms with Crippen LogP contribution in [-0.4, -0.2) is 24.7 Å². The van der Waals surface area contributed by atoms with Crippen LogP contribution in [0.2, 0.25) is 0 Å². The lowest BCUT2D eigenvalue weighted by Crippen LogP contribution is -2.20. The first-order valence-electron chi connectivity index (χ1n) is 8.35. The molecular weight excluding hydrogens is 375 g/mol. The van der Waals surface area contributed by atoms with Gasteiger partial charge in [0.2, 0.25) is 5.43 Å². The van der Waals surface area contributed by atoms with Crippen LogP contribution in [-0.2, 0) is 26.3 Å². The summed E-state index contributed by atoms with van der Waals surface area (Å²) in [6.45, 7) is 2.29. The fraction of sp³-hybridized carbons (Fsp3) is 0.278. The third kappa shape index (κ3) is 4.06. The normalized spacial score (nSPS) is 11.8. The second-order valence-corrected chi connectivity index (χ2v) is 6.31. The molecule has 2 heterocycles. The lowest BCUT2D eigenvalue weighted by atomic mass is 10.2. The molecule has 10 heteroatoms. The zero-order chi connectivity index (χ0) is 20.5. The molecular formula is C18H18F3N5O2. The highest BCUT2D eigenvalue weighted by Gasteiger charge is 2.30. The molecule has 0 amide bonds. The number of aromatic hydroxyl groups is 1. The zero-order valence-corrected chi connectivity index (χ0v) is 15.2. The van der Waals surface area contributed by atoms with E-state index in [2.05, 4.69) is 15.6 Å². The van der Waals surface area contributed by atoms with Crippen LogP contribution in [0.1, 0.15) is 22.6 Å². The third-order valence-corrected chi connectivity index (χ3v) is 4.38. The Kier molecular flexibility index (Phi) is 5.23. The van der Waals surface area contributed by atoms with E-state index in [1.807, 2.05) is 0 Å². The van der Waals surface area contributed by atoms with Gasteiger partial charge in [0, 0.05) is 31.9 Å². The first kappa shape index (κ1) is 19.6. The lowest BCUT2D eigenvalue weighted by Gasteiger charge is -2.13. The van der Waals surface area contributed by atoms with Crippen molar-refractivity contribution in [2.75, 3.05) is 0 Å². The number of aromatic nitrogens is 4. The molecule has 0 atom stereocenters. The SMILES string of the molecule is Cc1cc(=O)c(O)c(CNCc2cn(-c3ccc(C(F)(F)F)cc3)nn2)n1C. The molecule has 28 heavy (non-hydrogen) atoms. The van der Waals surface area contributed by atoms with E-state index in [9.17, 15) is 23.1 Å². The maximum absolute atomic E-state index is 12.6. The summed E-state index contributed by atoms with van der Waals surface area (Å²) in [5.74, 6) is -0.311. The predicted octanol–water partition coefficient (Wildman–Crippen LogP) is 2.29. The van der Waals surface area contributed by atoms with Gasteiger partial charge in [0.25, 0.3) is 0 Å². The van der Waals surface area contributed by atoms with Crippen LogP contribution in [0.15, 0.2) is 41.3 Å². The molecule has 0 bridgehead atoms. The third-order valence-electron chi connectivity index (χ3n) is 4.38. The Labute approximate surface area is 158 Å².